The Hall–Kier alpha value is -2.24. The number of hydrogen-bond donors (Lipinski definition) is 2. The van der Waals surface area contributed by atoms with Gasteiger partial charge in [-0.3, -0.25) is 5.32 Å². The maximum atomic E-state index is 11.9. The van der Waals surface area contributed by atoms with E-state index in [1.54, 1.807) is 0 Å². The minimum Gasteiger partial charge on any atom is -0.450 e. The topological polar surface area (TPSA) is 84.9 Å². The molecule has 0 bridgehead atoms. The third-order valence-corrected chi connectivity index (χ3v) is 5.52. The third-order valence-electron chi connectivity index (χ3n) is 5.52. The van der Waals surface area contributed by atoms with Gasteiger partial charge in [-0.25, -0.2) is 9.59 Å². The number of nitrogens with one attached hydrogen (secondary N) is 1. The maximum Gasteiger partial charge on any atom is 0.505 e. The molecular weight excluding hydrogens is 406 g/mol. The molecule has 2 N–H and O–H groups in total. The third kappa shape index (κ3) is 16.5. The van der Waals surface area contributed by atoms with Gasteiger partial charge in [-0.1, -0.05) is 89.7 Å². The molecule has 32 heavy (non-hydrogen) atoms. The molecule has 6 heteroatoms. The lowest BCUT2D eigenvalue weighted by atomic mass is 10.0. The molecule has 1 rings (SSSR count). The second kappa shape index (κ2) is 19.4. The van der Waals surface area contributed by atoms with E-state index in [0.29, 0.717) is 13.2 Å². The summed E-state index contributed by atoms with van der Waals surface area (Å²) in [7, 11) is 0. The average molecular weight is 450 g/mol. The van der Waals surface area contributed by atoms with Crippen LogP contribution in [0.2, 0.25) is 0 Å². The summed E-state index contributed by atoms with van der Waals surface area (Å²) in [6.45, 7) is 3.00. The van der Waals surface area contributed by atoms with Crippen molar-refractivity contribution in [3.63, 3.8) is 0 Å². The zero-order valence-electron chi connectivity index (χ0n) is 19.9. The summed E-state index contributed by atoms with van der Waals surface area (Å²) in [5.74, 6) is 0. The number of carboxylic acid groups (broad SMARTS) is 1. The number of unbranched alkanes of at least 4 members (excludes halogenated alkanes) is 12. The van der Waals surface area contributed by atoms with Crippen molar-refractivity contribution in [3.05, 3.63) is 29.8 Å². The lowest BCUT2D eigenvalue weighted by Gasteiger charge is -2.08. The van der Waals surface area contributed by atoms with Crippen LogP contribution in [0.4, 0.5) is 15.3 Å². The molecule has 0 unspecified atom stereocenters. The smallest absolute Gasteiger partial charge is 0.450 e. The summed E-state index contributed by atoms with van der Waals surface area (Å²) in [5.41, 5.74) is 2.04. The van der Waals surface area contributed by atoms with Gasteiger partial charge in [0.25, 0.3) is 0 Å². The summed E-state index contributed by atoms with van der Waals surface area (Å²) >= 11 is 0. The number of ether oxygens (including phenoxy) is 2. The molecule has 182 valence electrons. The molecule has 0 aromatic heterocycles. The first kappa shape index (κ1) is 27.8. The number of carbonyl (C=O) groups excluding carboxylic acids is 1. The van der Waals surface area contributed by atoms with Crippen LogP contribution in [0, 0.1) is 0 Å². The van der Waals surface area contributed by atoms with Crippen molar-refractivity contribution in [1.29, 1.82) is 0 Å². The molecule has 0 heterocycles. The zero-order valence-corrected chi connectivity index (χ0v) is 19.9. The van der Waals surface area contributed by atoms with Crippen LogP contribution in [0.3, 0.4) is 0 Å². The quantitative estimate of drug-likeness (QED) is 0.165. The van der Waals surface area contributed by atoms with Gasteiger partial charge in [0.1, 0.15) is 0 Å². The first-order valence-corrected chi connectivity index (χ1v) is 12.5. The summed E-state index contributed by atoms with van der Waals surface area (Å²) in [6.07, 6.45) is 15.6. The molecule has 6 nitrogen and oxygen atoms in total. The van der Waals surface area contributed by atoms with E-state index < -0.39 is 6.16 Å². The van der Waals surface area contributed by atoms with Gasteiger partial charge in [0.2, 0.25) is 0 Å². The SMILES string of the molecule is CCCCCCCCCOC(=O)Nc1ccc(CCCCCCCCCOC(=O)O)cc1. The van der Waals surface area contributed by atoms with Crippen molar-refractivity contribution in [2.45, 2.75) is 103 Å². The predicted octanol–water partition coefficient (Wildman–Crippen LogP) is 7.95. The van der Waals surface area contributed by atoms with Crippen LogP contribution in [-0.2, 0) is 15.9 Å². The van der Waals surface area contributed by atoms with Gasteiger partial charge >= 0.3 is 12.2 Å². The molecular formula is C26H43NO5. The highest BCUT2D eigenvalue weighted by atomic mass is 16.7. The van der Waals surface area contributed by atoms with Gasteiger partial charge in [0.05, 0.1) is 13.2 Å². The summed E-state index contributed by atoms with van der Waals surface area (Å²) < 4.78 is 9.76. The Bertz CT molecular complexity index is 603. The van der Waals surface area contributed by atoms with Crippen molar-refractivity contribution < 1.29 is 24.2 Å². The van der Waals surface area contributed by atoms with E-state index >= 15 is 0 Å². The molecule has 0 atom stereocenters. The summed E-state index contributed by atoms with van der Waals surface area (Å²) in [5, 5.41) is 11.2. The minimum absolute atomic E-state index is 0.303. The van der Waals surface area contributed by atoms with Crippen LogP contribution in [0.1, 0.15) is 102 Å². The zero-order chi connectivity index (χ0) is 23.3. The molecule has 0 aliphatic carbocycles. The van der Waals surface area contributed by atoms with Crippen LogP contribution in [-0.4, -0.2) is 30.6 Å². The Morgan fingerprint density at radius 1 is 0.719 bits per heavy atom. The monoisotopic (exact) mass is 449 g/mol. The Labute approximate surface area is 194 Å². The summed E-state index contributed by atoms with van der Waals surface area (Å²) in [4.78, 5) is 22.1. The Kier molecular flexibility index (Phi) is 16.9. The number of hydrogen-bond acceptors (Lipinski definition) is 4. The Balaban J connectivity index is 2.00. The average Bonchev–Trinajstić information content (AvgIpc) is 2.77. The Morgan fingerprint density at radius 2 is 1.22 bits per heavy atom. The summed E-state index contributed by atoms with van der Waals surface area (Å²) in [6, 6.07) is 8.00. The van der Waals surface area contributed by atoms with Crippen LogP contribution in [0.25, 0.3) is 0 Å². The maximum absolute atomic E-state index is 11.9. The number of rotatable bonds is 19. The van der Waals surface area contributed by atoms with Crippen molar-refractivity contribution in [2.24, 2.45) is 0 Å². The van der Waals surface area contributed by atoms with E-state index in [0.717, 1.165) is 50.6 Å². The fourth-order valence-corrected chi connectivity index (χ4v) is 3.61. The highest BCUT2D eigenvalue weighted by molar-refractivity contribution is 5.84. The molecule has 1 aromatic carbocycles. The molecule has 0 radical (unpaired) electrons. The number of aryl methyl sites for hydroxylation is 1. The van der Waals surface area contributed by atoms with E-state index in [2.05, 4.69) is 29.1 Å². The first-order chi connectivity index (χ1) is 15.6. The van der Waals surface area contributed by atoms with Crippen LogP contribution in [0.5, 0.6) is 0 Å². The van der Waals surface area contributed by atoms with E-state index in [9.17, 15) is 9.59 Å². The molecule has 1 aromatic rings. The number of benzene rings is 1. The van der Waals surface area contributed by atoms with Crippen molar-refractivity contribution in [3.8, 4) is 0 Å². The van der Waals surface area contributed by atoms with E-state index in [1.807, 2.05) is 12.1 Å². The standard InChI is InChI=1S/C26H43NO5/c1-2-3-4-5-8-11-14-21-31-25(28)27-24-19-17-23(18-20-24)16-13-10-7-6-9-12-15-22-32-26(29)30/h17-20H,2-16,21-22H2,1H3,(H,27,28)(H,29,30). The first-order valence-electron chi connectivity index (χ1n) is 12.5. The molecule has 0 fully saturated rings. The molecule has 0 spiro atoms. The molecule has 1 amide bonds. The fourth-order valence-electron chi connectivity index (χ4n) is 3.61. The Morgan fingerprint density at radius 3 is 1.78 bits per heavy atom. The van der Waals surface area contributed by atoms with E-state index in [4.69, 9.17) is 9.84 Å². The second-order valence-electron chi connectivity index (χ2n) is 8.42. The van der Waals surface area contributed by atoms with E-state index in [-0.39, 0.29) is 6.09 Å². The van der Waals surface area contributed by atoms with Crippen LogP contribution < -0.4 is 5.32 Å². The number of amides is 1. The minimum atomic E-state index is -1.19. The van der Waals surface area contributed by atoms with Gasteiger partial charge < -0.3 is 14.6 Å². The highest BCUT2D eigenvalue weighted by Gasteiger charge is 2.03. The van der Waals surface area contributed by atoms with Gasteiger partial charge in [-0.05, 0) is 43.4 Å². The lowest BCUT2D eigenvalue weighted by molar-refractivity contribution is 0.0899. The van der Waals surface area contributed by atoms with Crippen molar-refractivity contribution >= 4 is 17.9 Å². The van der Waals surface area contributed by atoms with Gasteiger partial charge in [-0.15, -0.1) is 0 Å². The van der Waals surface area contributed by atoms with Crippen molar-refractivity contribution in [2.75, 3.05) is 18.5 Å². The van der Waals surface area contributed by atoms with Gasteiger partial charge in [0.15, 0.2) is 0 Å². The second-order valence-corrected chi connectivity index (χ2v) is 8.42. The molecule has 0 aliphatic heterocycles. The van der Waals surface area contributed by atoms with Crippen molar-refractivity contribution in [1.82, 2.24) is 0 Å². The fraction of sp³-hybridized carbons (Fsp3) is 0.692. The normalized spacial score (nSPS) is 10.7. The predicted molar refractivity (Wildman–Crippen MR) is 129 cm³/mol. The molecule has 0 saturated heterocycles. The molecule has 0 saturated carbocycles. The van der Waals surface area contributed by atoms with Gasteiger partial charge in [-0.2, -0.15) is 0 Å². The number of anilines is 1. The van der Waals surface area contributed by atoms with E-state index in [1.165, 1.54) is 56.9 Å². The highest BCUT2D eigenvalue weighted by Crippen LogP contribution is 2.14. The van der Waals surface area contributed by atoms with Crippen LogP contribution in [0.15, 0.2) is 24.3 Å². The lowest BCUT2D eigenvalue weighted by Crippen LogP contribution is -2.14. The number of carbonyl (C=O) groups is 2. The largest absolute Gasteiger partial charge is 0.505 e. The van der Waals surface area contributed by atoms with Crippen LogP contribution >= 0.6 is 0 Å². The molecule has 0 aliphatic rings. The van der Waals surface area contributed by atoms with Gasteiger partial charge in [0, 0.05) is 5.69 Å².